The van der Waals surface area contributed by atoms with Crippen molar-refractivity contribution in [3.8, 4) is 0 Å². The Bertz CT molecular complexity index is 968. The zero-order valence-corrected chi connectivity index (χ0v) is 17.1. The average molecular weight is 429 g/mol. The van der Waals surface area contributed by atoms with E-state index in [2.05, 4.69) is 5.32 Å². The molecule has 0 radical (unpaired) electrons. The molecule has 28 heavy (non-hydrogen) atoms. The number of hydrogen-bond acceptors (Lipinski definition) is 5. The van der Waals surface area contributed by atoms with E-state index in [0.717, 1.165) is 0 Å². The van der Waals surface area contributed by atoms with Crippen molar-refractivity contribution in [2.75, 3.05) is 26.7 Å². The lowest BCUT2D eigenvalue weighted by Gasteiger charge is -2.35. The van der Waals surface area contributed by atoms with Gasteiger partial charge in [-0.15, -0.1) is 12.4 Å². The number of benzene rings is 2. The van der Waals surface area contributed by atoms with E-state index in [4.69, 9.17) is 4.74 Å². The molecular weight excluding hydrogens is 407 g/mol. The van der Waals surface area contributed by atoms with Crippen molar-refractivity contribution in [2.45, 2.75) is 17.9 Å². The van der Waals surface area contributed by atoms with Crippen molar-refractivity contribution < 1.29 is 22.3 Å². The molecule has 0 bridgehead atoms. The monoisotopic (exact) mass is 428 g/mol. The summed E-state index contributed by atoms with van der Waals surface area (Å²) in [5.41, 5.74) is 1.42. The zero-order chi connectivity index (χ0) is 19.6. The first kappa shape index (κ1) is 22.3. The van der Waals surface area contributed by atoms with Crippen LogP contribution >= 0.6 is 12.4 Å². The molecule has 1 aliphatic heterocycles. The molecule has 1 aliphatic rings. The SMILES string of the molecule is COC(=O)c1ccc(S(=O)(=O)N2CCNCC2c2cccc(F)c2)cc1C.Cl. The fraction of sp³-hybridized carbons (Fsp3) is 0.316. The minimum absolute atomic E-state index is 0. The summed E-state index contributed by atoms with van der Waals surface area (Å²) in [6, 6.07) is 9.77. The minimum atomic E-state index is -3.83. The fourth-order valence-corrected chi connectivity index (χ4v) is 4.94. The van der Waals surface area contributed by atoms with E-state index >= 15 is 0 Å². The molecule has 152 valence electrons. The largest absolute Gasteiger partial charge is 0.465 e. The van der Waals surface area contributed by atoms with E-state index in [9.17, 15) is 17.6 Å². The number of hydrogen-bond donors (Lipinski definition) is 1. The highest BCUT2D eigenvalue weighted by atomic mass is 35.5. The lowest BCUT2D eigenvalue weighted by Crippen LogP contribution is -2.48. The topological polar surface area (TPSA) is 75.7 Å². The van der Waals surface area contributed by atoms with Crippen molar-refractivity contribution >= 4 is 28.4 Å². The van der Waals surface area contributed by atoms with Crippen LogP contribution in [0.5, 0.6) is 0 Å². The third-order valence-electron chi connectivity index (χ3n) is 4.64. The van der Waals surface area contributed by atoms with Gasteiger partial charge < -0.3 is 10.1 Å². The molecule has 1 saturated heterocycles. The van der Waals surface area contributed by atoms with Crippen LogP contribution in [0.1, 0.15) is 27.5 Å². The molecule has 1 N–H and O–H groups in total. The Balaban J connectivity index is 0.00000280. The Kier molecular flexibility index (Phi) is 7.16. The number of sulfonamides is 1. The van der Waals surface area contributed by atoms with Crippen LogP contribution in [0, 0.1) is 12.7 Å². The van der Waals surface area contributed by atoms with Gasteiger partial charge in [0, 0.05) is 19.6 Å². The van der Waals surface area contributed by atoms with Gasteiger partial charge in [-0.25, -0.2) is 17.6 Å². The number of nitrogens with one attached hydrogen (secondary N) is 1. The number of halogens is 2. The molecule has 2 aromatic carbocycles. The lowest BCUT2D eigenvalue weighted by atomic mass is 10.1. The predicted octanol–water partition coefficient (Wildman–Crippen LogP) is 2.68. The van der Waals surface area contributed by atoms with Gasteiger partial charge >= 0.3 is 5.97 Å². The van der Waals surface area contributed by atoms with Gasteiger partial charge in [-0.05, 0) is 48.4 Å². The summed E-state index contributed by atoms with van der Waals surface area (Å²) in [5.74, 6) is -0.926. The number of piperazine rings is 1. The molecule has 1 unspecified atom stereocenters. The Morgan fingerprint density at radius 2 is 2.00 bits per heavy atom. The van der Waals surface area contributed by atoms with Gasteiger partial charge in [-0.2, -0.15) is 4.31 Å². The molecule has 1 fully saturated rings. The van der Waals surface area contributed by atoms with Crippen LogP contribution in [0.25, 0.3) is 0 Å². The second-order valence-electron chi connectivity index (χ2n) is 6.36. The lowest BCUT2D eigenvalue weighted by molar-refractivity contribution is 0.0599. The van der Waals surface area contributed by atoms with Crippen LogP contribution < -0.4 is 5.32 Å². The number of aryl methyl sites for hydroxylation is 1. The molecule has 3 rings (SSSR count). The number of ether oxygens (including phenoxy) is 1. The van der Waals surface area contributed by atoms with Crippen molar-refractivity contribution in [1.82, 2.24) is 9.62 Å². The first-order chi connectivity index (χ1) is 12.8. The maximum atomic E-state index is 13.6. The first-order valence-corrected chi connectivity index (χ1v) is 9.95. The molecule has 1 atom stereocenters. The number of esters is 1. The van der Waals surface area contributed by atoms with E-state index in [1.54, 1.807) is 19.1 Å². The van der Waals surface area contributed by atoms with Crippen molar-refractivity contribution in [3.05, 3.63) is 65.0 Å². The van der Waals surface area contributed by atoms with E-state index in [-0.39, 0.29) is 23.8 Å². The number of rotatable bonds is 4. The number of carbonyl (C=O) groups is 1. The molecule has 9 heteroatoms. The van der Waals surface area contributed by atoms with E-state index in [1.165, 1.54) is 41.7 Å². The summed E-state index contributed by atoms with van der Waals surface area (Å²) < 4.78 is 46.2. The predicted molar refractivity (Wildman–Crippen MR) is 106 cm³/mol. The van der Waals surface area contributed by atoms with Gasteiger partial charge in [0.25, 0.3) is 0 Å². The summed E-state index contributed by atoms with van der Waals surface area (Å²) in [7, 11) is -2.55. The van der Waals surface area contributed by atoms with Crippen LogP contribution in [0.2, 0.25) is 0 Å². The Labute approximate surface area is 170 Å². The highest BCUT2D eigenvalue weighted by molar-refractivity contribution is 7.89. The summed E-state index contributed by atoms with van der Waals surface area (Å²) in [4.78, 5) is 11.8. The van der Waals surface area contributed by atoms with Crippen molar-refractivity contribution in [1.29, 1.82) is 0 Å². The number of nitrogens with zero attached hydrogens (tertiary/aromatic N) is 1. The maximum Gasteiger partial charge on any atom is 0.338 e. The molecule has 2 aromatic rings. The van der Waals surface area contributed by atoms with Crippen LogP contribution in [0.4, 0.5) is 4.39 Å². The van der Waals surface area contributed by atoms with E-state index < -0.39 is 27.9 Å². The Morgan fingerprint density at radius 3 is 2.64 bits per heavy atom. The molecule has 0 spiro atoms. The summed E-state index contributed by atoms with van der Waals surface area (Å²) in [6.45, 7) is 2.82. The number of carbonyl (C=O) groups excluding carboxylic acids is 1. The quantitative estimate of drug-likeness (QED) is 0.758. The summed E-state index contributed by atoms with van der Waals surface area (Å²) in [5, 5.41) is 3.16. The van der Waals surface area contributed by atoms with Gasteiger partial charge in [-0.3, -0.25) is 0 Å². The van der Waals surface area contributed by atoms with Gasteiger partial charge in [0.05, 0.1) is 23.6 Å². The molecule has 0 saturated carbocycles. The summed E-state index contributed by atoms with van der Waals surface area (Å²) in [6.07, 6.45) is 0. The highest BCUT2D eigenvalue weighted by Gasteiger charge is 2.34. The highest BCUT2D eigenvalue weighted by Crippen LogP contribution is 2.30. The number of methoxy groups -OCH3 is 1. The van der Waals surface area contributed by atoms with Gasteiger partial charge in [0.1, 0.15) is 5.82 Å². The van der Waals surface area contributed by atoms with Gasteiger partial charge in [0.2, 0.25) is 10.0 Å². The van der Waals surface area contributed by atoms with Crippen molar-refractivity contribution in [3.63, 3.8) is 0 Å². The first-order valence-electron chi connectivity index (χ1n) is 8.51. The Morgan fingerprint density at radius 1 is 1.25 bits per heavy atom. The van der Waals surface area contributed by atoms with Crippen LogP contribution in [-0.4, -0.2) is 45.4 Å². The van der Waals surface area contributed by atoms with Crippen LogP contribution in [-0.2, 0) is 14.8 Å². The van der Waals surface area contributed by atoms with Gasteiger partial charge in [0.15, 0.2) is 0 Å². The average Bonchev–Trinajstić information content (AvgIpc) is 2.67. The Hall–Kier alpha value is -2.00. The molecule has 6 nitrogen and oxygen atoms in total. The molecule has 1 heterocycles. The van der Waals surface area contributed by atoms with E-state index in [0.29, 0.717) is 29.8 Å². The third kappa shape index (κ3) is 4.35. The van der Waals surface area contributed by atoms with E-state index in [1.807, 2.05) is 0 Å². The third-order valence-corrected chi connectivity index (χ3v) is 6.54. The molecule has 0 aliphatic carbocycles. The maximum absolute atomic E-state index is 13.6. The molecule has 0 amide bonds. The smallest absolute Gasteiger partial charge is 0.338 e. The summed E-state index contributed by atoms with van der Waals surface area (Å²) >= 11 is 0. The second-order valence-corrected chi connectivity index (χ2v) is 8.25. The van der Waals surface area contributed by atoms with Crippen molar-refractivity contribution in [2.24, 2.45) is 0 Å². The standard InChI is InChI=1S/C19H21FN2O4S.ClH/c1-13-10-16(6-7-17(13)19(23)26-2)27(24,25)22-9-8-21-12-18(22)14-4-3-5-15(20)11-14;/h3-7,10-11,18,21H,8-9,12H2,1-2H3;1H. The second kappa shape index (κ2) is 9.00. The van der Waals surface area contributed by atoms with Crippen LogP contribution in [0.15, 0.2) is 47.4 Å². The molecule has 0 aromatic heterocycles. The molecular formula is C19H22ClFN2O4S. The zero-order valence-electron chi connectivity index (χ0n) is 15.5. The van der Waals surface area contributed by atoms with Crippen LogP contribution in [0.3, 0.4) is 0 Å². The minimum Gasteiger partial charge on any atom is -0.465 e. The fourth-order valence-electron chi connectivity index (χ4n) is 3.24. The van der Waals surface area contributed by atoms with Gasteiger partial charge in [-0.1, -0.05) is 12.1 Å². The normalized spacial score (nSPS) is 17.6.